The first kappa shape index (κ1) is 16.9. The average Bonchev–Trinajstić information content (AvgIpc) is 2.94. The number of ether oxygens (including phenoxy) is 1. The Morgan fingerprint density at radius 2 is 2.29 bits per heavy atom. The summed E-state index contributed by atoms with van der Waals surface area (Å²) in [5, 5.41) is 5.18. The smallest absolute Gasteiger partial charge is 0.250 e. The third kappa shape index (κ3) is 5.34. The van der Waals surface area contributed by atoms with E-state index in [1.54, 1.807) is 6.07 Å². The zero-order chi connectivity index (χ0) is 15.3. The fraction of sp³-hybridized carbons (Fsp3) is 0.714. The Morgan fingerprint density at radius 3 is 2.95 bits per heavy atom. The molecule has 0 radical (unpaired) electrons. The molecule has 0 saturated carbocycles. The normalized spacial score (nSPS) is 20.0. The zero-order valence-electron chi connectivity index (χ0n) is 12.6. The first-order valence-corrected chi connectivity index (χ1v) is 9.72. The van der Waals surface area contributed by atoms with Gasteiger partial charge in [-0.25, -0.2) is 13.1 Å². The summed E-state index contributed by atoms with van der Waals surface area (Å²) in [6, 6.07) is 2.13. The van der Waals surface area contributed by atoms with Crippen LogP contribution in [0, 0.1) is 5.92 Å². The molecule has 120 valence electrons. The molecule has 1 aliphatic heterocycles. The molecule has 1 aromatic rings. The van der Waals surface area contributed by atoms with Crippen molar-refractivity contribution in [1.29, 1.82) is 0 Å². The van der Waals surface area contributed by atoms with Gasteiger partial charge in [-0.1, -0.05) is 13.8 Å². The Morgan fingerprint density at radius 1 is 1.48 bits per heavy atom. The highest BCUT2D eigenvalue weighted by Crippen LogP contribution is 2.21. The molecular formula is C14H24N2O3S2. The summed E-state index contributed by atoms with van der Waals surface area (Å²) in [7, 11) is -3.39. The minimum atomic E-state index is -3.39. The number of hydrogen-bond donors (Lipinski definition) is 2. The van der Waals surface area contributed by atoms with Crippen LogP contribution in [0.4, 0.5) is 0 Å². The molecule has 0 aromatic carbocycles. The zero-order valence-corrected chi connectivity index (χ0v) is 14.2. The highest BCUT2D eigenvalue weighted by molar-refractivity contribution is 7.91. The van der Waals surface area contributed by atoms with Gasteiger partial charge in [0, 0.05) is 25.7 Å². The van der Waals surface area contributed by atoms with Gasteiger partial charge < -0.3 is 10.1 Å². The molecule has 2 rings (SSSR count). The van der Waals surface area contributed by atoms with Gasteiger partial charge in [0.05, 0.1) is 6.61 Å². The molecule has 1 atom stereocenters. The summed E-state index contributed by atoms with van der Waals surface area (Å²) in [5.74, 6) is 0.288. The summed E-state index contributed by atoms with van der Waals surface area (Å²) in [5.41, 5.74) is 1.01. The van der Waals surface area contributed by atoms with Crippen molar-refractivity contribution < 1.29 is 13.2 Å². The quantitative estimate of drug-likeness (QED) is 0.801. The van der Waals surface area contributed by atoms with Gasteiger partial charge in [0.15, 0.2) is 0 Å². The molecule has 1 unspecified atom stereocenters. The van der Waals surface area contributed by atoms with Crippen molar-refractivity contribution in [2.24, 2.45) is 5.92 Å². The van der Waals surface area contributed by atoms with Crippen LogP contribution in [0.5, 0.6) is 0 Å². The van der Waals surface area contributed by atoms with Crippen molar-refractivity contribution in [3.8, 4) is 0 Å². The van der Waals surface area contributed by atoms with E-state index in [1.165, 1.54) is 11.3 Å². The Hall–Kier alpha value is -0.470. The van der Waals surface area contributed by atoms with Gasteiger partial charge in [-0.2, -0.15) is 0 Å². The predicted molar refractivity (Wildman–Crippen MR) is 85.0 cm³/mol. The van der Waals surface area contributed by atoms with Crippen molar-refractivity contribution in [1.82, 2.24) is 10.0 Å². The minimum Gasteiger partial charge on any atom is -0.381 e. The molecular weight excluding hydrogens is 308 g/mol. The molecule has 1 saturated heterocycles. The highest BCUT2D eigenvalue weighted by atomic mass is 32.2. The molecule has 0 amide bonds. The number of thiophene rings is 1. The van der Waals surface area contributed by atoms with Crippen LogP contribution in [0.1, 0.15) is 32.3 Å². The van der Waals surface area contributed by atoms with Gasteiger partial charge in [-0.15, -0.1) is 11.3 Å². The second-order valence-electron chi connectivity index (χ2n) is 5.74. The van der Waals surface area contributed by atoms with Crippen LogP contribution in [0.15, 0.2) is 15.7 Å². The number of rotatable bonds is 7. The molecule has 0 aliphatic carbocycles. The van der Waals surface area contributed by atoms with Crippen LogP contribution < -0.4 is 10.0 Å². The fourth-order valence-electron chi connectivity index (χ4n) is 2.18. The van der Waals surface area contributed by atoms with Crippen LogP contribution in [0.25, 0.3) is 0 Å². The lowest BCUT2D eigenvalue weighted by Gasteiger charge is -2.21. The molecule has 21 heavy (non-hydrogen) atoms. The van der Waals surface area contributed by atoms with Crippen molar-refractivity contribution in [2.45, 2.75) is 43.5 Å². The van der Waals surface area contributed by atoms with E-state index >= 15 is 0 Å². The molecule has 2 heterocycles. The lowest BCUT2D eigenvalue weighted by Crippen LogP contribution is -2.32. The third-order valence-corrected chi connectivity index (χ3v) is 6.34. The van der Waals surface area contributed by atoms with Gasteiger partial charge in [0.1, 0.15) is 4.21 Å². The van der Waals surface area contributed by atoms with E-state index in [2.05, 4.69) is 23.9 Å². The van der Waals surface area contributed by atoms with Crippen LogP contribution in [-0.4, -0.2) is 34.2 Å². The highest BCUT2D eigenvalue weighted by Gasteiger charge is 2.20. The van der Waals surface area contributed by atoms with Crippen molar-refractivity contribution in [3.05, 3.63) is 17.0 Å². The second-order valence-corrected chi connectivity index (χ2v) is 8.65. The average molecular weight is 332 g/mol. The predicted octanol–water partition coefficient (Wildman–Crippen LogP) is 1.95. The molecule has 1 aromatic heterocycles. The second kappa shape index (κ2) is 7.69. The Balaban J connectivity index is 1.89. The van der Waals surface area contributed by atoms with Gasteiger partial charge >= 0.3 is 0 Å². The molecule has 7 heteroatoms. The van der Waals surface area contributed by atoms with E-state index in [9.17, 15) is 8.42 Å². The molecule has 0 spiro atoms. The lowest BCUT2D eigenvalue weighted by atomic mass is 10.0. The van der Waals surface area contributed by atoms with Crippen molar-refractivity contribution >= 4 is 21.4 Å². The van der Waals surface area contributed by atoms with E-state index in [0.29, 0.717) is 29.9 Å². The van der Waals surface area contributed by atoms with E-state index in [1.807, 2.05) is 5.38 Å². The largest absolute Gasteiger partial charge is 0.381 e. The topological polar surface area (TPSA) is 67.4 Å². The Labute approximate surface area is 131 Å². The molecule has 2 N–H and O–H groups in total. The van der Waals surface area contributed by atoms with E-state index in [4.69, 9.17) is 4.74 Å². The summed E-state index contributed by atoms with van der Waals surface area (Å²) < 4.78 is 33.0. The van der Waals surface area contributed by atoms with E-state index in [-0.39, 0.29) is 5.92 Å². The maximum absolute atomic E-state index is 12.3. The Bertz CT molecular complexity index is 534. The van der Waals surface area contributed by atoms with Gasteiger partial charge in [0.2, 0.25) is 10.0 Å². The first-order chi connectivity index (χ1) is 9.97. The Kier molecular flexibility index (Phi) is 6.19. The SMILES string of the molecule is CC(C)NCc1csc(S(=O)(=O)NCC2CCCOC2)c1. The summed E-state index contributed by atoms with van der Waals surface area (Å²) in [6.07, 6.45) is 2.03. The summed E-state index contributed by atoms with van der Waals surface area (Å²) in [6.45, 7) is 6.73. The van der Waals surface area contributed by atoms with E-state index < -0.39 is 10.0 Å². The van der Waals surface area contributed by atoms with Crippen LogP contribution in [0.3, 0.4) is 0 Å². The van der Waals surface area contributed by atoms with E-state index in [0.717, 1.165) is 25.0 Å². The van der Waals surface area contributed by atoms with Crippen LogP contribution >= 0.6 is 11.3 Å². The lowest BCUT2D eigenvalue weighted by molar-refractivity contribution is 0.0568. The number of hydrogen-bond acceptors (Lipinski definition) is 5. The first-order valence-electron chi connectivity index (χ1n) is 7.35. The van der Waals surface area contributed by atoms with Crippen molar-refractivity contribution in [3.63, 3.8) is 0 Å². The number of nitrogens with one attached hydrogen (secondary N) is 2. The minimum absolute atomic E-state index is 0.288. The molecule has 1 fully saturated rings. The maximum atomic E-state index is 12.3. The fourth-order valence-corrected chi connectivity index (χ4v) is 4.55. The van der Waals surface area contributed by atoms with Gasteiger partial charge in [-0.05, 0) is 35.8 Å². The summed E-state index contributed by atoms with van der Waals surface area (Å²) >= 11 is 1.27. The maximum Gasteiger partial charge on any atom is 0.250 e. The van der Waals surface area contributed by atoms with Crippen LogP contribution in [0.2, 0.25) is 0 Å². The van der Waals surface area contributed by atoms with Gasteiger partial charge in [0.25, 0.3) is 0 Å². The monoisotopic (exact) mass is 332 g/mol. The van der Waals surface area contributed by atoms with Crippen molar-refractivity contribution in [2.75, 3.05) is 19.8 Å². The standard InChI is InChI=1S/C14H24N2O3S2/c1-11(2)15-7-13-6-14(20-10-13)21(17,18)16-8-12-4-3-5-19-9-12/h6,10-12,15-16H,3-5,7-9H2,1-2H3. The van der Waals surface area contributed by atoms with Crippen LogP contribution in [-0.2, 0) is 21.3 Å². The summed E-state index contributed by atoms with van der Waals surface area (Å²) in [4.78, 5) is 0. The number of sulfonamides is 1. The molecule has 1 aliphatic rings. The molecule has 5 nitrogen and oxygen atoms in total. The third-order valence-electron chi connectivity index (χ3n) is 3.43. The molecule has 0 bridgehead atoms. The van der Waals surface area contributed by atoms with Gasteiger partial charge in [-0.3, -0.25) is 0 Å².